The quantitative estimate of drug-likeness (QED) is 0.447. The second-order valence-corrected chi connectivity index (χ2v) is 7.16. The van der Waals surface area contributed by atoms with Crippen LogP contribution in [0.1, 0.15) is 18.5 Å². The van der Waals surface area contributed by atoms with Crippen molar-refractivity contribution < 1.29 is 4.74 Å². The van der Waals surface area contributed by atoms with Gasteiger partial charge in [0.2, 0.25) is 0 Å². The number of aromatic nitrogens is 4. The average molecular weight is 395 g/mol. The standard InChI is InChI=1S/C24H21N5O/c1-16(17-12-14-19(30-2)15-13-17)25-23-20-10-6-7-11-21(20)29-24(26-23)22(27-28-29)18-8-4-3-5-9-18/h3-16H,1-2H3,(H,25,26). The summed E-state index contributed by atoms with van der Waals surface area (Å²) in [6.45, 7) is 2.12. The number of hydrogen-bond donors (Lipinski definition) is 1. The molecule has 1 unspecified atom stereocenters. The molecule has 0 bridgehead atoms. The van der Waals surface area contributed by atoms with Gasteiger partial charge in [-0.2, -0.15) is 4.52 Å². The van der Waals surface area contributed by atoms with E-state index in [4.69, 9.17) is 9.72 Å². The molecule has 2 aromatic heterocycles. The molecule has 0 radical (unpaired) electrons. The summed E-state index contributed by atoms with van der Waals surface area (Å²) in [7, 11) is 1.67. The summed E-state index contributed by atoms with van der Waals surface area (Å²) < 4.78 is 7.08. The second-order valence-electron chi connectivity index (χ2n) is 7.16. The largest absolute Gasteiger partial charge is 0.497 e. The van der Waals surface area contributed by atoms with Crippen molar-refractivity contribution in [3.8, 4) is 17.0 Å². The number of hydrogen-bond acceptors (Lipinski definition) is 5. The van der Waals surface area contributed by atoms with Crippen LogP contribution < -0.4 is 10.1 Å². The minimum atomic E-state index is 0.0605. The van der Waals surface area contributed by atoms with Crippen molar-refractivity contribution in [2.45, 2.75) is 13.0 Å². The van der Waals surface area contributed by atoms with Gasteiger partial charge >= 0.3 is 0 Å². The monoisotopic (exact) mass is 395 g/mol. The lowest BCUT2D eigenvalue weighted by Crippen LogP contribution is -2.09. The third-order valence-corrected chi connectivity index (χ3v) is 5.27. The molecule has 0 spiro atoms. The number of ether oxygens (including phenoxy) is 1. The summed E-state index contributed by atoms with van der Waals surface area (Å²) in [5, 5.41) is 13.4. The molecule has 0 amide bonds. The lowest BCUT2D eigenvalue weighted by molar-refractivity contribution is 0.414. The smallest absolute Gasteiger partial charge is 0.186 e. The van der Waals surface area contributed by atoms with Crippen LogP contribution >= 0.6 is 0 Å². The van der Waals surface area contributed by atoms with Crippen LogP contribution in [-0.2, 0) is 0 Å². The van der Waals surface area contributed by atoms with Gasteiger partial charge in [0, 0.05) is 17.0 Å². The Hall–Kier alpha value is -3.93. The second kappa shape index (κ2) is 7.48. The molecule has 5 rings (SSSR count). The molecular weight excluding hydrogens is 374 g/mol. The highest BCUT2D eigenvalue weighted by Crippen LogP contribution is 2.30. The Balaban J connectivity index is 1.62. The Kier molecular flexibility index (Phi) is 4.52. The van der Waals surface area contributed by atoms with Gasteiger partial charge in [0.25, 0.3) is 0 Å². The predicted molar refractivity (Wildman–Crippen MR) is 119 cm³/mol. The van der Waals surface area contributed by atoms with Crippen LogP contribution in [0.15, 0.2) is 78.9 Å². The van der Waals surface area contributed by atoms with Crippen molar-refractivity contribution in [1.29, 1.82) is 0 Å². The van der Waals surface area contributed by atoms with E-state index >= 15 is 0 Å². The van der Waals surface area contributed by atoms with E-state index in [0.29, 0.717) is 0 Å². The van der Waals surface area contributed by atoms with E-state index in [9.17, 15) is 0 Å². The average Bonchev–Trinajstić information content (AvgIpc) is 3.24. The van der Waals surface area contributed by atoms with Crippen molar-refractivity contribution in [3.63, 3.8) is 0 Å². The SMILES string of the molecule is COc1ccc(C(C)Nc2nc3c(-c4ccccc4)nnn3c3ccccc23)cc1. The van der Waals surface area contributed by atoms with Crippen LogP contribution in [0.5, 0.6) is 5.75 Å². The minimum Gasteiger partial charge on any atom is -0.497 e. The molecule has 5 aromatic rings. The lowest BCUT2D eigenvalue weighted by Gasteiger charge is -2.17. The highest BCUT2D eigenvalue weighted by atomic mass is 16.5. The molecule has 1 atom stereocenters. The van der Waals surface area contributed by atoms with Crippen LogP contribution in [0.4, 0.5) is 5.82 Å². The Labute approximate surface area is 174 Å². The molecule has 0 aliphatic heterocycles. The molecule has 30 heavy (non-hydrogen) atoms. The molecular formula is C24H21N5O. The molecule has 3 aromatic carbocycles. The van der Waals surface area contributed by atoms with E-state index in [1.165, 1.54) is 0 Å². The Morgan fingerprint density at radius 1 is 0.900 bits per heavy atom. The molecule has 148 valence electrons. The number of methoxy groups -OCH3 is 1. The van der Waals surface area contributed by atoms with Crippen LogP contribution in [0, 0.1) is 0 Å². The molecule has 0 saturated carbocycles. The molecule has 0 saturated heterocycles. The van der Waals surface area contributed by atoms with Crippen molar-refractivity contribution in [1.82, 2.24) is 19.8 Å². The number of para-hydroxylation sites is 1. The highest BCUT2D eigenvalue weighted by Gasteiger charge is 2.17. The fraction of sp³-hybridized carbons (Fsp3) is 0.125. The number of nitrogens with one attached hydrogen (secondary N) is 1. The Bertz CT molecular complexity index is 1310. The van der Waals surface area contributed by atoms with Crippen LogP contribution in [-0.4, -0.2) is 26.9 Å². The molecule has 0 fully saturated rings. The zero-order chi connectivity index (χ0) is 20.5. The zero-order valence-electron chi connectivity index (χ0n) is 16.8. The maximum atomic E-state index is 5.27. The summed E-state index contributed by atoms with van der Waals surface area (Å²) >= 11 is 0. The first-order valence-corrected chi connectivity index (χ1v) is 9.84. The van der Waals surface area contributed by atoms with E-state index in [1.807, 2.05) is 60.7 Å². The van der Waals surface area contributed by atoms with Gasteiger partial charge in [-0.3, -0.25) is 0 Å². The van der Waals surface area contributed by atoms with Crippen LogP contribution in [0.25, 0.3) is 27.8 Å². The molecule has 6 heteroatoms. The lowest BCUT2D eigenvalue weighted by atomic mass is 10.1. The van der Waals surface area contributed by atoms with E-state index in [2.05, 4.69) is 40.8 Å². The molecule has 1 N–H and O–H groups in total. The Morgan fingerprint density at radius 2 is 1.63 bits per heavy atom. The highest BCUT2D eigenvalue weighted by molar-refractivity contribution is 5.93. The summed E-state index contributed by atoms with van der Waals surface area (Å²) in [5.74, 6) is 1.65. The van der Waals surface area contributed by atoms with Crippen LogP contribution in [0.2, 0.25) is 0 Å². The first kappa shape index (κ1) is 18.1. The summed E-state index contributed by atoms with van der Waals surface area (Å²) in [6.07, 6.45) is 0. The number of rotatable bonds is 5. The van der Waals surface area contributed by atoms with Gasteiger partial charge in [-0.1, -0.05) is 59.8 Å². The van der Waals surface area contributed by atoms with Gasteiger partial charge in [0.15, 0.2) is 5.65 Å². The third-order valence-electron chi connectivity index (χ3n) is 5.27. The van der Waals surface area contributed by atoms with Crippen molar-refractivity contribution in [2.75, 3.05) is 12.4 Å². The van der Waals surface area contributed by atoms with Crippen molar-refractivity contribution >= 4 is 22.4 Å². The first-order chi connectivity index (χ1) is 14.7. The summed E-state index contributed by atoms with van der Waals surface area (Å²) in [5.41, 5.74) is 4.59. The molecule has 2 heterocycles. The zero-order valence-corrected chi connectivity index (χ0v) is 16.8. The van der Waals surface area contributed by atoms with Gasteiger partial charge in [0.05, 0.1) is 12.6 Å². The van der Waals surface area contributed by atoms with E-state index in [1.54, 1.807) is 11.6 Å². The van der Waals surface area contributed by atoms with Crippen molar-refractivity contribution in [2.24, 2.45) is 0 Å². The Morgan fingerprint density at radius 3 is 2.40 bits per heavy atom. The maximum Gasteiger partial charge on any atom is 0.186 e. The summed E-state index contributed by atoms with van der Waals surface area (Å²) in [6, 6.07) is 26.2. The third kappa shape index (κ3) is 3.12. The molecule has 6 nitrogen and oxygen atoms in total. The fourth-order valence-electron chi connectivity index (χ4n) is 3.64. The van der Waals surface area contributed by atoms with Gasteiger partial charge in [-0.15, -0.1) is 5.10 Å². The minimum absolute atomic E-state index is 0.0605. The van der Waals surface area contributed by atoms with Gasteiger partial charge in [0.1, 0.15) is 17.3 Å². The fourth-order valence-corrected chi connectivity index (χ4v) is 3.64. The number of fused-ring (bicyclic) bond motifs is 3. The summed E-state index contributed by atoms with van der Waals surface area (Å²) in [4.78, 5) is 4.94. The predicted octanol–water partition coefficient (Wildman–Crippen LogP) is 5.13. The maximum absolute atomic E-state index is 5.27. The number of nitrogens with zero attached hydrogens (tertiary/aromatic N) is 4. The topological polar surface area (TPSA) is 64.3 Å². The number of anilines is 1. The number of benzene rings is 3. The first-order valence-electron chi connectivity index (χ1n) is 9.84. The van der Waals surface area contributed by atoms with E-state index in [0.717, 1.165) is 44.9 Å². The van der Waals surface area contributed by atoms with Gasteiger partial charge in [-0.05, 0) is 36.8 Å². The molecule has 0 aliphatic carbocycles. The van der Waals surface area contributed by atoms with Crippen molar-refractivity contribution in [3.05, 3.63) is 84.4 Å². The van der Waals surface area contributed by atoms with Gasteiger partial charge in [-0.25, -0.2) is 4.98 Å². The molecule has 0 aliphatic rings. The van der Waals surface area contributed by atoms with Gasteiger partial charge < -0.3 is 10.1 Å². The van der Waals surface area contributed by atoms with Crippen LogP contribution in [0.3, 0.4) is 0 Å². The van der Waals surface area contributed by atoms with E-state index < -0.39 is 0 Å². The van der Waals surface area contributed by atoms with E-state index in [-0.39, 0.29) is 6.04 Å². The normalized spacial score (nSPS) is 12.2.